The van der Waals surface area contributed by atoms with E-state index in [9.17, 15) is 14.7 Å². The highest BCUT2D eigenvalue weighted by Gasteiger charge is 2.12. The van der Waals surface area contributed by atoms with Crippen molar-refractivity contribution in [1.29, 1.82) is 0 Å². The van der Waals surface area contributed by atoms with Gasteiger partial charge in [-0.15, -0.1) is 0 Å². The first-order valence-electron chi connectivity index (χ1n) is 4.47. The van der Waals surface area contributed by atoms with E-state index in [0.29, 0.717) is 0 Å². The number of carbonyl (C=O) groups excluding carboxylic acids is 1. The van der Waals surface area contributed by atoms with Gasteiger partial charge in [0.05, 0.1) is 12.5 Å². The Kier molecular flexibility index (Phi) is 2.36. The maximum atomic E-state index is 11.6. The molecule has 0 fully saturated rings. The fourth-order valence-corrected chi connectivity index (χ4v) is 1.35. The molecule has 0 aliphatic rings. The molecule has 0 spiro atoms. The zero-order valence-corrected chi connectivity index (χ0v) is 8.39. The lowest BCUT2D eigenvalue weighted by Crippen LogP contribution is -2.08. The zero-order valence-electron chi connectivity index (χ0n) is 8.39. The summed E-state index contributed by atoms with van der Waals surface area (Å²) in [5.74, 6) is -0.914. The molecule has 0 amide bonds. The molecule has 2 aromatic rings. The molecule has 82 valence electrons. The lowest BCUT2D eigenvalue weighted by molar-refractivity contribution is 0.0565. The van der Waals surface area contributed by atoms with E-state index in [2.05, 4.69) is 4.74 Å². The monoisotopic (exact) mass is 220 g/mol. The first-order chi connectivity index (χ1) is 7.61. The molecule has 0 radical (unpaired) electrons. The Morgan fingerprint density at radius 1 is 1.38 bits per heavy atom. The third-order valence-electron chi connectivity index (χ3n) is 2.10. The molecule has 5 nitrogen and oxygen atoms in total. The summed E-state index contributed by atoms with van der Waals surface area (Å²) in [6.45, 7) is 0. The van der Waals surface area contributed by atoms with Crippen molar-refractivity contribution in [3.05, 3.63) is 40.2 Å². The van der Waals surface area contributed by atoms with Crippen molar-refractivity contribution in [2.24, 2.45) is 0 Å². The smallest absolute Gasteiger partial charge is 0.374 e. The number of ether oxygens (including phenoxy) is 1. The Balaban J connectivity index is 2.73. The van der Waals surface area contributed by atoms with Gasteiger partial charge in [0.1, 0.15) is 11.3 Å². The largest absolute Gasteiger partial charge is 0.508 e. The van der Waals surface area contributed by atoms with Gasteiger partial charge < -0.3 is 14.3 Å². The molecular weight excluding hydrogens is 212 g/mol. The van der Waals surface area contributed by atoms with Crippen LogP contribution >= 0.6 is 0 Å². The summed E-state index contributed by atoms with van der Waals surface area (Å²) in [5.41, 5.74) is -0.178. The first-order valence-corrected chi connectivity index (χ1v) is 4.47. The topological polar surface area (TPSA) is 76.7 Å². The molecule has 1 heterocycles. The average Bonchev–Trinajstić information content (AvgIpc) is 2.28. The maximum Gasteiger partial charge on any atom is 0.374 e. The van der Waals surface area contributed by atoms with Crippen molar-refractivity contribution in [2.75, 3.05) is 7.11 Å². The molecule has 0 unspecified atom stereocenters. The Morgan fingerprint density at radius 2 is 2.12 bits per heavy atom. The van der Waals surface area contributed by atoms with E-state index in [-0.39, 0.29) is 22.5 Å². The standard InChI is InChI=1S/C11H8O5/c1-15-11(14)10-5-8(13)7-4-6(12)2-3-9(7)16-10/h2-5,12H,1H3. The summed E-state index contributed by atoms with van der Waals surface area (Å²) in [6, 6.07) is 5.10. The van der Waals surface area contributed by atoms with E-state index in [1.165, 1.54) is 25.3 Å². The third kappa shape index (κ3) is 1.63. The Morgan fingerprint density at radius 3 is 2.81 bits per heavy atom. The van der Waals surface area contributed by atoms with Gasteiger partial charge in [-0.05, 0) is 18.2 Å². The minimum atomic E-state index is -0.716. The van der Waals surface area contributed by atoms with Crippen LogP contribution < -0.4 is 5.43 Å². The molecule has 0 bridgehead atoms. The first kappa shape index (κ1) is 10.2. The fourth-order valence-electron chi connectivity index (χ4n) is 1.35. The minimum absolute atomic E-state index is 0.0365. The quantitative estimate of drug-likeness (QED) is 0.732. The fraction of sp³-hybridized carbons (Fsp3) is 0.0909. The number of hydrogen-bond acceptors (Lipinski definition) is 5. The molecular formula is C11H8O5. The van der Waals surface area contributed by atoms with Crippen LogP contribution in [0.15, 0.2) is 33.5 Å². The predicted octanol–water partition coefficient (Wildman–Crippen LogP) is 1.29. The summed E-state index contributed by atoms with van der Waals surface area (Å²) in [6.07, 6.45) is 0. The highest BCUT2D eigenvalue weighted by atomic mass is 16.5. The SMILES string of the molecule is COC(=O)c1cc(=O)c2cc(O)ccc2o1. The second-order valence-corrected chi connectivity index (χ2v) is 3.15. The number of benzene rings is 1. The van der Waals surface area contributed by atoms with Gasteiger partial charge in [-0.3, -0.25) is 4.79 Å². The highest BCUT2D eigenvalue weighted by Crippen LogP contribution is 2.18. The Bertz CT molecular complexity index is 611. The summed E-state index contributed by atoms with van der Waals surface area (Å²) < 4.78 is 9.61. The molecule has 1 N–H and O–H groups in total. The van der Waals surface area contributed by atoms with Gasteiger partial charge in [-0.25, -0.2) is 4.79 Å². The minimum Gasteiger partial charge on any atom is -0.508 e. The molecule has 0 atom stereocenters. The predicted molar refractivity (Wildman–Crippen MR) is 55.5 cm³/mol. The van der Waals surface area contributed by atoms with Crippen molar-refractivity contribution in [1.82, 2.24) is 0 Å². The second-order valence-electron chi connectivity index (χ2n) is 3.15. The number of hydrogen-bond donors (Lipinski definition) is 1. The number of methoxy groups -OCH3 is 1. The maximum absolute atomic E-state index is 11.6. The number of rotatable bonds is 1. The average molecular weight is 220 g/mol. The van der Waals surface area contributed by atoms with Crippen LogP contribution in [0, 0.1) is 0 Å². The van der Waals surface area contributed by atoms with Gasteiger partial charge in [0.2, 0.25) is 5.76 Å². The summed E-state index contributed by atoms with van der Waals surface area (Å²) >= 11 is 0. The summed E-state index contributed by atoms with van der Waals surface area (Å²) in [7, 11) is 1.20. The van der Waals surface area contributed by atoms with Gasteiger partial charge in [-0.2, -0.15) is 0 Å². The number of carbonyl (C=O) groups is 1. The molecule has 1 aromatic carbocycles. The van der Waals surface area contributed by atoms with E-state index in [0.717, 1.165) is 6.07 Å². The van der Waals surface area contributed by atoms with Crippen molar-refractivity contribution in [3.63, 3.8) is 0 Å². The number of esters is 1. The lowest BCUT2D eigenvalue weighted by atomic mass is 10.2. The van der Waals surface area contributed by atoms with Gasteiger partial charge in [-0.1, -0.05) is 0 Å². The number of phenols is 1. The van der Waals surface area contributed by atoms with Crippen molar-refractivity contribution in [2.45, 2.75) is 0 Å². The van der Waals surface area contributed by atoms with Crippen molar-refractivity contribution >= 4 is 16.9 Å². The van der Waals surface area contributed by atoms with Crippen LogP contribution in [0.1, 0.15) is 10.6 Å². The zero-order chi connectivity index (χ0) is 11.7. The molecule has 0 aliphatic heterocycles. The molecule has 5 heteroatoms. The van der Waals surface area contributed by atoms with Crippen LogP contribution in [-0.2, 0) is 4.74 Å². The van der Waals surface area contributed by atoms with E-state index in [1.807, 2.05) is 0 Å². The van der Waals surface area contributed by atoms with Gasteiger partial charge in [0, 0.05) is 6.07 Å². The van der Waals surface area contributed by atoms with Crippen LogP contribution in [0.4, 0.5) is 0 Å². The van der Waals surface area contributed by atoms with Crippen LogP contribution in [0.3, 0.4) is 0 Å². The molecule has 2 rings (SSSR count). The van der Waals surface area contributed by atoms with Crippen molar-refractivity contribution in [3.8, 4) is 5.75 Å². The van der Waals surface area contributed by atoms with Gasteiger partial charge >= 0.3 is 5.97 Å². The van der Waals surface area contributed by atoms with Crippen LogP contribution in [0.2, 0.25) is 0 Å². The molecule has 16 heavy (non-hydrogen) atoms. The molecule has 0 saturated heterocycles. The second kappa shape index (κ2) is 3.69. The van der Waals surface area contributed by atoms with Gasteiger partial charge in [0.15, 0.2) is 5.43 Å². The normalized spacial score (nSPS) is 10.3. The third-order valence-corrected chi connectivity index (χ3v) is 2.10. The van der Waals surface area contributed by atoms with Crippen LogP contribution in [0.5, 0.6) is 5.75 Å². The van der Waals surface area contributed by atoms with E-state index >= 15 is 0 Å². The van der Waals surface area contributed by atoms with E-state index < -0.39 is 11.4 Å². The molecule has 0 aliphatic carbocycles. The van der Waals surface area contributed by atoms with Crippen LogP contribution in [-0.4, -0.2) is 18.2 Å². The Hall–Kier alpha value is -2.30. The number of aromatic hydroxyl groups is 1. The number of fused-ring (bicyclic) bond motifs is 1. The van der Waals surface area contributed by atoms with Crippen LogP contribution in [0.25, 0.3) is 11.0 Å². The van der Waals surface area contributed by atoms with E-state index in [4.69, 9.17) is 4.42 Å². The summed E-state index contributed by atoms with van der Waals surface area (Å²) in [5, 5.41) is 9.42. The van der Waals surface area contributed by atoms with Crippen molar-refractivity contribution < 1.29 is 19.1 Å². The van der Waals surface area contributed by atoms with Gasteiger partial charge in [0.25, 0.3) is 0 Å². The molecule has 0 saturated carbocycles. The lowest BCUT2D eigenvalue weighted by Gasteiger charge is -2.01. The highest BCUT2D eigenvalue weighted by molar-refractivity contribution is 5.89. The number of phenolic OH excluding ortho intramolecular Hbond substituents is 1. The Labute approximate surface area is 89.9 Å². The molecule has 1 aromatic heterocycles. The van der Waals surface area contributed by atoms with E-state index in [1.54, 1.807) is 0 Å². The summed E-state index contributed by atoms with van der Waals surface area (Å²) in [4.78, 5) is 22.8.